The van der Waals surface area contributed by atoms with Crippen molar-refractivity contribution in [3.8, 4) is 5.75 Å². The molecular weight excluding hydrogens is 299 g/mol. The first-order valence-electron chi connectivity index (χ1n) is 5.50. The van der Waals surface area contributed by atoms with Crippen molar-refractivity contribution in [2.24, 2.45) is 0 Å². The van der Waals surface area contributed by atoms with E-state index in [0.29, 0.717) is 0 Å². The van der Waals surface area contributed by atoms with Crippen molar-refractivity contribution in [1.82, 2.24) is 0 Å². The normalized spacial score (nSPS) is 11.2. The van der Waals surface area contributed by atoms with E-state index in [1.54, 1.807) is 0 Å². The second-order valence-corrected chi connectivity index (χ2v) is 3.73. The van der Waals surface area contributed by atoms with Gasteiger partial charge in [-0.15, -0.1) is 0 Å². The maximum Gasteiger partial charge on any atom is 0.411 e. The van der Waals surface area contributed by atoms with Crippen LogP contribution in [0.3, 0.4) is 0 Å². The van der Waals surface area contributed by atoms with E-state index in [-0.39, 0.29) is 0 Å². The Morgan fingerprint density at radius 1 is 1.33 bits per heavy atom. The van der Waals surface area contributed by atoms with Crippen molar-refractivity contribution in [2.75, 3.05) is 19.8 Å². The highest BCUT2D eigenvalue weighted by molar-refractivity contribution is 5.92. The van der Waals surface area contributed by atoms with Crippen LogP contribution in [0.5, 0.6) is 5.75 Å². The number of ether oxygens (including phenoxy) is 2. The standard InChI is InChI=1S/C11H10F3NO6/c12-11(13,14)6-20-4-5-21-9-7(10(16)17)2-1-3-8(9)15(18)19/h1-3H,4-6H2,(H,16,17). The summed E-state index contributed by atoms with van der Waals surface area (Å²) in [6.07, 6.45) is -4.50. The lowest BCUT2D eigenvalue weighted by molar-refractivity contribution is -0.385. The number of nitro groups is 1. The molecule has 21 heavy (non-hydrogen) atoms. The number of carboxylic acids is 1. The van der Waals surface area contributed by atoms with Gasteiger partial charge in [-0.3, -0.25) is 10.1 Å². The van der Waals surface area contributed by atoms with Gasteiger partial charge in [0.25, 0.3) is 0 Å². The smallest absolute Gasteiger partial charge is 0.411 e. The van der Waals surface area contributed by atoms with Crippen LogP contribution in [0.1, 0.15) is 10.4 Å². The Bertz CT molecular complexity index is 499. The van der Waals surface area contributed by atoms with E-state index in [4.69, 9.17) is 9.84 Å². The Hall–Kier alpha value is -2.36. The number of rotatable bonds is 7. The largest absolute Gasteiger partial charge is 0.484 e. The molecule has 0 atom stereocenters. The van der Waals surface area contributed by atoms with Gasteiger partial charge in [-0.05, 0) is 6.07 Å². The van der Waals surface area contributed by atoms with E-state index in [1.807, 2.05) is 0 Å². The van der Waals surface area contributed by atoms with Crippen LogP contribution >= 0.6 is 0 Å². The number of nitrogens with zero attached hydrogens (tertiary/aromatic N) is 1. The first-order valence-corrected chi connectivity index (χ1v) is 5.50. The number of nitro benzene ring substituents is 1. The van der Waals surface area contributed by atoms with Crippen LogP contribution in [0, 0.1) is 10.1 Å². The van der Waals surface area contributed by atoms with Crippen molar-refractivity contribution in [1.29, 1.82) is 0 Å². The van der Waals surface area contributed by atoms with E-state index >= 15 is 0 Å². The van der Waals surface area contributed by atoms with E-state index < -0.39 is 53.9 Å². The molecular formula is C11H10F3NO6. The molecule has 0 aliphatic carbocycles. The summed E-state index contributed by atoms with van der Waals surface area (Å²) in [4.78, 5) is 20.9. The zero-order chi connectivity index (χ0) is 16.0. The van der Waals surface area contributed by atoms with Gasteiger partial charge < -0.3 is 14.6 Å². The summed E-state index contributed by atoms with van der Waals surface area (Å²) >= 11 is 0. The van der Waals surface area contributed by atoms with Crippen LogP contribution in [-0.4, -0.2) is 42.0 Å². The molecule has 0 spiro atoms. The third kappa shape index (κ3) is 5.26. The minimum atomic E-state index is -4.50. The van der Waals surface area contributed by atoms with Gasteiger partial charge >= 0.3 is 17.8 Å². The third-order valence-electron chi connectivity index (χ3n) is 2.16. The number of aromatic carboxylic acids is 1. The fraction of sp³-hybridized carbons (Fsp3) is 0.364. The highest BCUT2D eigenvalue weighted by Gasteiger charge is 2.27. The van der Waals surface area contributed by atoms with Gasteiger partial charge in [-0.2, -0.15) is 13.2 Å². The molecule has 0 amide bonds. The van der Waals surface area contributed by atoms with Crippen LogP contribution in [0.4, 0.5) is 18.9 Å². The number of alkyl halides is 3. The van der Waals surface area contributed by atoms with Crippen molar-refractivity contribution < 1.29 is 37.5 Å². The molecule has 10 heteroatoms. The average molecular weight is 309 g/mol. The number of carbonyl (C=O) groups is 1. The number of hydrogen-bond donors (Lipinski definition) is 1. The van der Waals surface area contributed by atoms with E-state index in [2.05, 4.69) is 4.74 Å². The fourth-order valence-corrected chi connectivity index (χ4v) is 1.38. The maximum absolute atomic E-state index is 11.8. The Morgan fingerprint density at radius 2 is 2.00 bits per heavy atom. The monoisotopic (exact) mass is 309 g/mol. The van der Waals surface area contributed by atoms with E-state index in [1.165, 1.54) is 0 Å². The topological polar surface area (TPSA) is 98.9 Å². The minimum absolute atomic E-state index is 0.457. The van der Waals surface area contributed by atoms with E-state index in [9.17, 15) is 28.1 Å². The van der Waals surface area contributed by atoms with Crippen LogP contribution < -0.4 is 4.74 Å². The summed E-state index contributed by atoms with van der Waals surface area (Å²) in [6, 6.07) is 3.27. The molecule has 0 aliphatic rings. The number of halogens is 3. The molecule has 0 aromatic heterocycles. The van der Waals surface area contributed by atoms with Crippen molar-refractivity contribution >= 4 is 11.7 Å². The van der Waals surface area contributed by atoms with Gasteiger partial charge in [-0.1, -0.05) is 6.07 Å². The predicted octanol–water partition coefficient (Wildman–Crippen LogP) is 2.25. The number of hydrogen-bond acceptors (Lipinski definition) is 5. The average Bonchev–Trinajstić information content (AvgIpc) is 2.36. The highest BCUT2D eigenvalue weighted by atomic mass is 19.4. The van der Waals surface area contributed by atoms with Crippen LogP contribution in [0.2, 0.25) is 0 Å². The SMILES string of the molecule is O=C(O)c1cccc([N+](=O)[O-])c1OCCOCC(F)(F)F. The summed E-state index contributed by atoms with van der Waals surface area (Å²) in [7, 11) is 0. The Balaban J connectivity index is 2.73. The molecule has 0 saturated carbocycles. The lowest BCUT2D eigenvalue weighted by Crippen LogP contribution is -2.20. The van der Waals surface area contributed by atoms with Crippen molar-refractivity contribution in [2.45, 2.75) is 6.18 Å². The molecule has 7 nitrogen and oxygen atoms in total. The van der Waals surface area contributed by atoms with Crippen LogP contribution in [0.15, 0.2) is 18.2 Å². The van der Waals surface area contributed by atoms with Gasteiger partial charge in [0.2, 0.25) is 5.75 Å². The lowest BCUT2D eigenvalue weighted by atomic mass is 10.2. The van der Waals surface area contributed by atoms with Gasteiger partial charge in [-0.25, -0.2) is 4.79 Å². The fourth-order valence-electron chi connectivity index (χ4n) is 1.38. The van der Waals surface area contributed by atoms with Gasteiger partial charge in [0, 0.05) is 6.07 Å². The number of benzene rings is 1. The molecule has 1 N–H and O–H groups in total. The zero-order valence-electron chi connectivity index (χ0n) is 10.4. The molecule has 0 aliphatic heterocycles. The first-order chi connectivity index (χ1) is 9.72. The third-order valence-corrected chi connectivity index (χ3v) is 2.16. The van der Waals surface area contributed by atoms with Crippen molar-refractivity contribution in [3.63, 3.8) is 0 Å². The lowest BCUT2D eigenvalue weighted by Gasteiger charge is -2.10. The summed E-state index contributed by atoms with van der Waals surface area (Å²) in [5.41, 5.74) is -1.05. The molecule has 0 unspecified atom stereocenters. The molecule has 116 valence electrons. The molecule has 1 aromatic rings. The Morgan fingerprint density at radius 3 is 2.52 bits per heavy atom. The van der Waals surface area contributed by atoms with Gasteiger partial charge in [0.1, 0.15) is 18.8 Å². The highest BCUT2D eigenvalue weighted by Crippen LogP contribution is 2.30. The molecule has 1 aromatic carbocycles. The van der Waals surface area contributed by atoms with Gasteiger partial charge in [0.05, 0.1) is 11.5 Å². The molecule has 0 fully saturated rings. The first kappa shape index (κ1) is 16.7. The second-order valence-electron chi connectivity index (χ2n) is 3.73. The summed E-state index contributed by atoms with van der Waals surface area (Å²) in [5, 5.41) is 19.7. The molecule has 0 saturated heterocycles. The number of para-hydroxylation sites is 1. The van der Waals surface area contributed by atoms with E-state index in [0.717, 1.165) is 18.2 Å². The van der Waals surface area contributed by atoms with Crippen molar-refractivity contribution in [3.05, 3.63) is 33.9 Å². The Labute approximate surface area is 116 Å². The van der Waals surface area contributed by atoms with Gasteiger partial charge in [0.15, 0.2) is 0 Å². The molecule has 0 radical (unpaired) electrons. The Kier molecular flexibility index (Phi) is 5.47. The zero-order valence-corrected chi connectivity index (χ0v) is 10.4. The van der Waals surface area contributed by atoms with Crippen LogP contribution in [-0.2, 0) is 4.74 Å². The summed E-state index contributed by atoms with van der Waals surface area (Å²) in [5.74, 6) is -1.98. The number of carboxylic acid groups (broad SMARTS) is 1. The predicted molar refractivity (Wildman–Crippen MR) is 62.4 cm³/mol. The molecule has 1 rings (SSSR count). The molecule has 0 bridgehead atoms. The second kappa shape index (κ2) is 6.88. The minimum Gasteiger partial charge on any atom is -0.484 e. The van der Waals surface area contributed by atoms with Crippen LogP contribution in [0.25, 0.3) is 0 Å². The maximum atomic E-state index is 11.8. The quantitative estimate of drug-likeness (QED) is 0.471. The molecule has 0 heterocycles. The summed E-state index contributed by atoms with van der Waals surface area (Å²) in [6.45, 7) is -2.44. The summed E-state index contributed by atoms with van der Waals surface area (Å²) < 4.78 is 44.6.